The molecule has 4 aromatic heterocycles. The van der Waals surface area contributed by atoms with E-state index in [0.29, 0.717) is 6.54 Å². The minimum Gasteiger partial charge on any atom is -0.305 e. The number of aromatic nitrogens is 4. The van der Waals surface area contributed by atoms with Crippen molar-refractivity contribution in [1.29, 1.82) is 0 Å². The van der Waals surface area contributed by atoms with Gasteiger partial charge < -0.3 is 4.90 Å². The lowest BCUT2D eigenvalue weighted by Gasteiger charge is -2.22. The Morgan fingerprint density at radius 3 is 1.77 bits per heavy atom. The number of pyridine rings is 4. The van der Waals surface area contributed by atoms with Crippen molar-refractivity contribution in [3.63, 3.8) is 0 Å². The Hall–Kier alpha value is -3.12. The van der Waals surface area contributed by atoms with E-state index >= 15 is 0 Å². The second-order valence-corrected chi connectivity index (χ2v) is 7.65. The molecule has 0 fully saturated rings. The number of alkyl halides is 1. The summed E-state index contributed by atoms with van der Waals surface area (Å²) in [4.78, 5) is 20.0. The molecule has 0 radical (unpaired) electrons. The first-order valence-electron chi connectivity index (χ1n) is 10.1. The predicted molar refractivity (Wildman–Crippen MR) is 130 cm³/mol. The number of anilines is 2. The van der Waals surface area contributed by atoms with Crippen LogP contribution in [0.15, 0.2) is 79.0 Å². The van der Waals surface area contributed by atoms with Crippen LogP contribution >= 0.6 is 15.9 Å². The van der Waals surface area contributed by atoms with E-state index < -0.39 is 0 Å². The molecule has 5 nitrogen and oxygen atoms in total. The predicted octanol–water partition coefficient (Wildman–Crippen LogP) is 6.11. The number of halogens is 1. The van der Waals surface area contributed by atoms with Crippen molar-refractivity contribution in [3.8, 4) is 0 Å². The van der Waals surface area contributed by atoms with E-state index in [1.165, 1.54) is 0 Å². The molecule has 4 aromatic rings. The smallest absolute Gasteiger partial charge is 0.134 e. The van der Waals surface area contributed by atoms with Crippen LogP contribution in [0.4, 0.5) is 11.6 Å². The van der Waals surface area contributed by atoms with Gasteiger partial charge in [0.25, 0.3) is 0 Å². The molecule has 31 heavy (non-hydrogen) atoms. The van der Waals surface area contributed by atoms with Crippen molar-refractivity contribution in [2.45, 2.75) is 32.6 Å². The van der Waals surface area contributed by atoms with Crippen LogP contribution in [0, 0.1) is 20.8 Å². The van der Waals surface area contributed by atoms with Crippen LogP contribution in [0.2, 0.25) is 0 Å². The van der Waals surface area contributed by atoms with Gasteiger partial charge in [-0.25, -0.2) is 9.97 Å². The molecule has 0 N–H and O–H groups in total. The standard InChI is InChI=1S/C18H18N4.C7H8BrN/c1-14-7-5-9-16(20-14)13-22(17-10-3-4-12-19-17)18-11-6-8-15(2)21-18;1-6-3-2-4-7(5-8)9-6/h3-12H,13H2,1-2H3;2-4H,5H2,1H3. The van der Waals surface area contributed by atoms with Gasteiger partial charge in [0.2, 0.25) is 0 Å². The van der Waals surface area contributed by atoms with E-state index in [0.717, 1.165) is 45.4 Å². The zero-order chi connectivity index (χ0) is 22.1. The Morgan fingerprint density at radius 1 is 0.645 bits per heavy atom. The zero-order valence-electron chi connectivity index (χ0n) is 18.0. The molecule has 0 bridgehead atoms. The summed E-state index contributed by atoms with van der Waals surface area (Å²) in [7, 11) is 0. The van der Waals surface area contributed by atoms with Gasteiger partial charge in [0.1, 0.15) is 11.6 Å². The van der Waals surface area contributed by atoms with Crippen molar-refractivity contribution in [2.24, 2.45) is 0 Å². The van der Waals surface area contributed by atoms with Crippen molar-refractivity contribution in [2.75, 3.05) is 4.90 Å². The summed E-state index contributed by atoms with van der Waals surface area (Å²) >= 11 is 3.33. The normalized spacial score (nSPS) is 10.2. The summed E-state index contributed by atoms with van der Waals surface area (Å²) in [5.41, 5.74) is 5.15. The monoisotopic (exact) mass is 475 g/mol. The van der Waals surface area contributed by atoms with Crippen molar-refractivity contribution >= 4 is 27.6 Å². The first-order valence-corrected chi connectivity index (χ1v) is 11.2. The highest BCUT2D eigenvalue weighted by Gasteiger charge is 2.13. The number of hydrogen-bond donors (Lipinski definition) is 0. The molecule has 0 aliphatic rings. The van der Waals surface area contributed by atoms with Gasteiger partial charge in [-0.1, -0.05) is 40.2 Å². The number of hydrogen-bond acceptors (Lipinski definition) is 5. The molecule has 0 saturated carbocycles. The molecule has 0 amide bonds. The van der Waals surface area contributed by atoms with Crippen molar-refractivity contribution in [3.05, 3.63) is 107 Å². The van der Waals surface area contributed by atoms with Crippen molar-refractivity contribution in [1.82, 2.24) is 19.9 Å². The second kappa shape index (κ2) is 11.3. The minimum absolute atomic E-state index is 0.634. The molecule has 4 heterocycles. The Kier molecular flexibility index (Phi) is 8.24. The summed E-state index contributed by atoms with van der Waals surface area (Å²) in [5.74, 6) is 1.74. The molecule has 4 rings (SSSR count). The van der Waals surface area contributed by atoms with Gasteiger partial charge in [0.05, 0.1) is 17.9 Å². The maximum Gasteiger partial charge on any atom is 0.134 e. The highest BCUT2D eigenvalue weighted by molar-refractivity contribution is 9.08. The molecular formula is C25H26BrN5. The van der Waals surface area contributed by atoms with E-state index in [4.69, 9.17) is 0 Å². The Labute approximate surface area is 192 Å². The zero-order valence-corrected chi connectivity index (χ0v) is 19.6. The van der Waals surface area contributed by atoms with Gasteiger partial charge in [-0.15, -0.1) is 0 Å². The molecule has 0 unspecified atom stereocenters. The third-order valence-electron chi connectivity index (χ3n) is 4.43. The number of aryl methyl sites for hydroxylation is 3. The van der Waals surface area contributed by atoms with Crippen molar-refractivity contribution < 1.29 is 0 Å². The Balaban J connectivity index is 0.000000254. The van der Waals surface area contributed by atoms with E-state index in [2.05, 4.69) is 40.8 Å². The highest BCUT2D eigenvalue weighted by atomic mass is 79.9. The van der Waals surface area contributed by atoms with Crippen LogP contribution in [0.3, 0.4) is 0 Å². The molecule has 0 aliphatic heterocycles. The van der Waals surface area contributed by atoms with Gasteiger partial charge in [-0.05, 0) is 69.3 Å². The molecule has 0 saturated heterocycles. The molecule has 0 spiro atoms. The molecule has 0 aromatic carbocycles. The quantitative estimate of drug-likeness (QED) is 0.325. The highest BCUT2D eigenvalue weighted by Crippen LogP contribution is 2.23. The lowest BCUT2D eigenvalue weighted by molar-refractivity contribution is 0.877. The van der Waals surface area contributed by atoms with Crippen LogP contribution in [0.5, 0.6) is 0 Å². The summed E-state index contributed by atoms with van der Waals surface area (Å²) in [6.07, 6.45) is 1.79. The fourth-order valence-corrected chi connectivity index (χ4v) is 3.31. The van der Waals surface area contributed by atoms with E-state index in [-0.39, 0.29) is 0 Å². The average Bonchev–Trinajstić information content (AvgIpc) is 2.78. The van der Waals surface area contributed by atoms with E-state index in [1.54, 1.807) is 6.20 Å². The largest absolute Gasteiger partial charge is 0.305 e. The summed E-state index contributed by atoms with van der Waals surface area (Å²) < 4.78 is 0. The van der Waals surface area contributed by atoms with Gasteiger partial charge in [-0.3, -0.25) is 9.97 Å². The maximum atomic E-state index is 4.63. The third-order valence-corrected chi connectivity index (χ3v) is 5.00. The summed E-state index contributed by atoms with van der Waals surface area (Å²) in [6.45, 7) is 6.62. The summed E-state index contributed by atoms with van der Waals surface area (Å²) in [6, 6.07) is 23.9. The summed E-state index contributed by atoms with van der Waals surface area (Å²) in [5, 5.41) is 0.842. The number of rotatable bonds is 5. The van der Waals surface area contributed by atoms with Crippen LogP contribution in [0.25, 0.3) is 0 Å². The van der Waals surface area contributed by atoms with Gasteiger partial charge in [-0.2, -0.15) is 0 Å². The lowest BCUT2D eigenvalue weighted by Crippen LogP contribution is -2.19. The fraction of sp³-hybridized carbons (Fsp3) is 0.200. The maximum absolute atomic E-state index is 4.63. The molecule has 0 aliphatic carbocycles. The van der Waals surface area contributed by atoms with Gasteiger partial charge in [0.15, 0.2) is 0 Å². The van der Waals surface area contributed by atoms with E-state index in [1.807, 2.05) is 93.6 Å². The fourth-order valence-electron chi connectivity index (χ4n) is 3.00. The average molecular weight is 476 g/mol. The first kappa shape index (κ1) is 22.6. The lowest BCUT2D eigenvalue weighted by atomic mass is 10.2. The van der Waals surface area contributed by atoms with Gasteiger partial charge >= 0.3 is 0 Å². The second-order valence-electron chi connectivity index (χ2n) is 7.09. The van der Waals surface area contributed by atoms with Crippen LogP contribution in [-0.4, -0.2) is 19.9 Å². The third kappa shape index (κ3) is 6.96. The van der Waals surface area contributed by atoms with Crippen LogP contribution in [0.1, 0.15) is 28.5 Å². The SMILES string of the molecule is Cc1cccc(CBr)n1.Cc1cccc(CN(c2ccccn2)c2cccc(C)n2)n1. The first-order chi connectivity index (χ1) is 15.0. The van der Waals surface area contributed by atoms with E-state index in [9.17, 15) is 0 Å². The molecule has 0 atom stereocenters. The van der Waals surface area contributed by atoms with Crippen LogP contribution in [-0.2, 0) is 11.9 Å². The molecular weight excluding hydrogens is 450 g/mol. The Morgan fingerprint density at radius 2 is 1.23 bits per heavy atom. The minimum atomic E-state index is 0.634. The van der Waals surface area contributed by atoms with Crippen LogP contribution < -0.4 is 4.90 Å². The molecule has 6 heteroatoms. The number of nitrogens with zero attached hydrogens (tertiary/aromatic N) is 5. The molecule has 158 valence electrons. The topological polar surface area (TPSA) is 54.8 Å². The Bertz CT molecular complexity index is 1100. The van der Waals surface area contributed by atoms with Gasteiger partial charge in [0, 0.05) is 28.6 Å².